The van der Waals surface area contributed by atoms with E-state index in [4.69, 9.17) is 10.2 Å². The Hall–Kier alpha value is -3.35. The van der Waals surface area contributed by atoms with E-state index in [9.17, 15) is 10.2 Å². The van der Waals surface area contributed by atoms with Gasteiger partial charge in [0.2, 0.25) is 11.4 Å². The van der Waals surface area contributed by atoms with Crippen molar-refractivity contribution in [1.82, 2.24) is 0 Å². The van der Waals surface area contributed by atoms with E-state index in [-0.39, 0.29) is 44.8 Å². The van der Waals surface area contributed by atoms with E-state index in [0.717, 1.165) is 22.5 Å². The number of rotatable bonds is 2. The largest absolute Gasteiger partial charge is 0.512 e. The smallest absolute Gasteiger partial charge is 0.211 e. The average Bonchev–Trinajstić information content (AvgIpc) is 3.32. The van der Waals surface area contributed by atoms with Crippen LogP contribution in [0.15, 0.2) is 83.7 Å². The molecule has 6 nitrogen and oxygen atoms in total. The molecule has 2 aliphatic rings. The number of para-hydroxylation sites is 2. The fourth-order valence-corrected chi connectivity index (χ4v) is 3.12. The number of hydrogen-bond donors (Lipinski definition) is 6. The molecule has 6 N–H and O–H groups in total. The second-order valence-electron chi connectivity index (χ2n) is 6.84. The quantitative estimate of drug-likeness (QED) is 0.311. The Morgan fingerprint density at radius 1 is 0.645 bits per heavy atom. The second kappa shape index (κ2) is 10.6. The van der Waals surface area contributed by atoms with Gasteiger partial charge in [0.1, 0.15) is 11.5 Å². The van der Waals surface area contributed by atoms with Gasteiger partial charge in [-0.1, -0.05) is 24.3 Å². The van der Waals surface area contributed by atoms with Crippen LogP contribution in [0.4, 0.5) is 11.4 Å². The van der Waals surface area contributed by atoms with Gasteiger partial charge in [0.25, 0.3) is 0 Å². The average molecular weight is 452 g/mol. The van der Waals surface area contributed by atoms with Crippen LogP contribution in [0.25, 0.3) is 11.1 Å². The molecular weight excluding hydrogens is 428 g/mol. The van der Waals surface area contributed by atoms with Crippen LogP contribution in [-0.2, 0) is 21.7 Å². The Kier molecular flexibility index (Phi) is 8.19. The molecule has 0 saturated carbocycles. The third kappa shape index (κ3) is 5.84. The molecule has 0 aliphatic carbocycles. The number of hydrogen-bond acceptors (Lipinski definition) is 4. The van der Waals surface area contributed by atoms with E-state index < -0.39 is 0 Å². The van der Waals surface area contributed by atoms with Gasteiger partial charge in [0.05, 0.1) is 33.8 Å². The van der Waals surface area contributed by atoms with Crippen LogP contribution < -0.4 is 9.98 Å². The first kappa shape index (κ1) is 23.9. The summed E-state index contributed by atoms with van der Waals surface area (Å²) in [6.45, 7) is 3.04. The molecule has 2 heterocycles. The van der Waals surface area contributed by atoms with Gasteiger partial charge in [-0.05, 0) is 26.0 Å². The molecular formula is C24H24N2O4Ti+2. The number of nitrogens with one attached hydrogen (secondary N) is 2. The molecule has 7 heteroatoms. The zero-order valence-corrected chi connectivity index (χ0v) is 18.8. The topological polar surface area (TPSA) is 109 Å². The fraction of sp³-hybridized carbons (Fsp3) is 0.0833. The minimum absolute atomic E-state index is 0. The summed E-state index contributed by atoms with van der Waals surface area (Å²) in [6, 6.07) is 15.4. The fourth-order valence-electron chi connectivity index (χ4n) is 3.12. The Labute approximate surface area is 195 Å². The normalized spacial score (nSPS) is 17.2. The number of benzene rings is 2. The van der Waals surface area contributed by atoms with Crippen LogP contribution in [0.3, 0.4) is 0 Å². The minimum Gasteiger partial charge on any atom is -0.512 e. The van der Waals surface area contributed by atoms with E-state index >= 15 is 0 Å². The van der Waals surface area contributed by atoms with Crippen LogP contribution in [-0.4, -0.2) is 32.9 Å². The molecule has 0 fully saturated rings. The summed E-state index contributed by atoms with van der Waals surface area (Å²) >= 11 is 0. The van der Waals surface area contributed by atoms with Crippen molar-refractivity contribution in [3.63, 3.8) is 0 Å². The summed E-state index contributed by atoms with van der Waals surface area (Å²) in [5.41, 5.74) is 5.18. The maximum absolute atomic E-state index is 9.74. The van der Waals surface area contributed by atoms with Crippen molar-refractivity contribution in [2.45, 2.75) is 13.8 Å². The maximum atomic E-state index is 9.74. The monoisotopic (exact) mass is 452 g/mol. The Morgan fingerprint density at radius 2 is 1.00 bits per heavy atom. The molecule has 0 saturated heterocycles. The van der Waals surface area contributed by atoms with Gasteiger partial charge < -0.3 is 20.4 Å². The predicted molar refractivity (Wildman–Crippen MR) is 118 cm³/mol. The van der Waals surface area contributed by atoms with Gasteiger partial charge in [0, 0.05) is 46.0 Å². The zero-order chi connectivity index (χ0) is 21.7. The van der Waals surface area contributed by atoms with Crippen molar-refractivity contribution in [2.24, 2.45) is 0 Å². The molecule has 0 bridgehead atoms. The van der Waals surface area contributed by atoms with Crippen molar-refractivity contribution in [3.8, 4) is 0 Å². The molecule has 31 heavy (non-hydrogen) atoms. The Balaban J connectivity index is 0.000000213. The molecule has 4 rings (SSSR count). The standard InChI is InChI=1S/2C12H11NO2.Ti/c2*1-8(14)6-12(15)10-7-13-11-5-3-2-4-9(10)11;/h2*2-7,14-15H,1H3;/p+2/b2*8-6-,12-10+;. The van der Waals surface area contributed by atoms with Gasteiger partial charge in [-0.2, -0.15) is 0 Å². The SMILES string of the molecule is C/C(O)=C/C(O)=C1/C=[NH+]c2ccccc21.C/C(O)=C/C(O)=C1/C=[NH+]c2ccccc21.[Ti]. The molecule has 156 valence electrons. The maximum Gasteiger partial charge on any atom is 0.211 e. The van der Waals surface area contributed by atoms with Crippen LogP contribution >= 0.6 is 0 Å². The summed E-state index contributed by atoms with van der Waals surface area (Å²) in [4.78, 5) is 6.10. The summed E-state index contributed by atoms with van der Waals surface area (Å²) in [5.74, 6) is 0.287. The van der Waals surface area contributed by atoms with Crippen molar-refractivity contribution in [1.29, 1.82) is 0 Å². The van der Waals surface area contributed by atoms with Crippen molar-refractivity contribution >= 4 is 35.0 Å². The van der Waals surface area contributed by atoms with Crippen LogP contribution in [0.5, 0.6) is 0 Å². The third-order valence-corrected chi connectivity index (χ3v) is 4.42. The molecule has 0 aromatic heterocycles. The van der Waals surface area contributed by atoms with Crippen molar-refractivity contribution in [3.05, 3.63) is 94.8 Å². The summed E-state index contributed by atoms with van der Waals surface area (Å²) in [6.07, 6.45) is 6.10. The van der Waals surface area contributed by atoms with E-state index in [2.05, 4.69) is 9.98 Å². The summed E-state index contributed by atoms with van der Waals surface area (Å²) in [5, 5.41) is 37.6. The molecule has 0 unspecified atom stereocenters. The number of aliphatic hydroxyl groups excluding tert-OH is 4. The van der Waals surface area contributed by atoms with E-state index in [0.29, 0.717) is 11.1 Å². The molecule has 2 aromatic rings. The number of allylic oxidation sites excluding steroid dienone is 6. The zero-order valence-electron chi connectivity index (χ0n) is 17.2. The molecule has 2 aromatic carbocycles. The van der Waals surface area contributed by atoms with Crippen molar-refractivity contribution < 1.29 is 52.1 Å². The van der Waals surface area contributed by atoms with Crippen LogP contribution in [0.2, 0.25) is 0 Å². The van der Waals surface area contributed by atoms with Crippen molar-refractivity contribution in [2.75, 3.05) is 0 Å². The molecule has 0 spiro atoms. The van der Waals surface area contributed by atoms with Gasteiger partial charge in [-0.3, -0.25) is 0 Å². The van der Waals surface area contributed by atoms with Gasteiger partial charge in [-0.25, -0.2) is 9.98 Å². The number of fused-ring (bicyclic) bond motifs is 2. The van der Waals surface area contributed by atoms with E-state index in [1.54, 1.807) is 12.4 Å². The van der Waals surface area contributed by atoms with Gasteiger partial charge >= 0.3 is 0 Å². The van der Waals surface area contributed by atoms with E-state index in [1.807, 2.05) is 48.5 Å². The summed E-state index contributed by atoms with van der Waals surface area (Å²) < 4.78 is 0. The number of aliphatic hydroxyl groups is 4. The predicted octanol–water partition coefficient (Wildman–Crippen LogP) is 2.43. The second-order valence-corrected chi connectivity index (χ2v) is 6.84. The Bertz CT molecular complexity index is 1060. The first-order chi connectivity index (χ1) is 14.4. The van der Waals surface area contributed by atoms with E-state index in [1.165, 1.54) is 26.0 Å². The molecule has 0 amide bonds. The molecule has 0 radical (unpaired) electrons. The Morgan fingerprint density at radius 3 is 1.35 bits per heavy atom. The summed E-state index contributed by atoms with van der Waals surface area (Å²) in [7, 11) is 0. The van der Waals surface area contributed by atoms with Crippen LogP contribution in [0.1, 0.15) is 25.0 Å². The molecule has 2 aliphatic heterocycles. The first-order valence-corrected chi connectivity index (χ1v) is 9.36. The minimum atomic E-state index is 0. The van der Waals surface area contributed by atoms with Gasteiger partial charge in [0.15, 0.2) is 12.4 Å². The van der Waals surface area contributed by atoms with Crippen LogP contribution in [0, 0.1) is 0 Å². The first-order valence-electron chi connectivity index (χ1n) is 9.36. The van der Waals surface area contributed by atoms with Gasteiger partial charge in [-0.15, -0.1) is 0 Å². The third-order valence-electron chi connectivity index (χ3n) is 4.42. The molecule has 0 atom stereocenters.